The largest absolute Gasteiger partial charge is 0.486 e. The van der Waals surface area contributed by atoms with Crippen LogP contribution >= 0.6 is 0 Å². The van der Waals surface area contributed by atoms with Gasteiger partial charge in [-0.05, 0) is 31.7 Å². The summed E-state index contributed by atoms with van der Waals surface area (Å²) in [6, 6.07) is 0. The molecule has 0 unspecified atom stereocenters. The standard InChI is InChI=1S/C12H19BO2/c1-3-5-9-15-12(4-2)8-6-7-11(14)10-13/h4H,3,5,7,9-10,13H2,1-2H3/b12-4+. The fourth-order valence-corrected chi connectivity index (χ4v) is 0.873. The van der Waals surface area contributed by atoms with Crippen LogP contribution in [0.2, 0.25) is 6.32 Å². The Kier molecular flexibility index (Phi) is 8.66. The molecule has 0 rings (SSSR count). The van der Waals surface area contributed by atoms with Crippen LogP contribution in [0.4, 0.5) is 0 Å². The molecule has 2 nitrogen and oxygen atoms in total. The van der Waals surface area contributed by atoms with Gasteiger partial charge in [0.2, 0.25) is 0 Å². The second-order valence-electron chi connectivity index (χ2n) is 3.23. The van der Waals surface area contributed by atoms with Crippen LogP contribution in [-0.2, 0) is 9.53 Å². The van der Waals surface area contributed by atoms with E-state index in [2.05, 4.69) is 18.8 Å². The summed E-state index contributed by atoms with van der Waals surface area (Å²) in [5.74, 6) is 6.53. The Bertz CT molecular complexity index is 271. The van der Waals surface area contributed by atoms with E-state index in [0.29, 0.717) is 25.1 Å². The van der Waals surface area contributed by atoms with Gasteiger partial charge in [-0.3, -0.25) is 4.79 Å². The molecule has 0 aliphatic heterocycles. The third kappa shape index (κ3) is 7.87. The van der Waals surface area contributed by atoms with E-state index in [9.17, 15) is 4.79 Å². The fraction of sp³-hybridized carbons (Fsp3) is 0.583. The van der Waals surface area contributed by atoms with Crippen molar-refractivity contribution in [3.63, 3.8) is 0 Å². The van der Waals surface area contributed by atoms with Crippen molar-refractivity contribution < 1.29 is 9.53 Å². The van der Waals surface area contributed by atoms with Gasteiger partial charge in [0.25, 0.3) is 0 Å². The van der Waals surface area contributed by atoms with Crippen LogP contribution in [-0.4, -0.2) is 20.2 Å². The van der Waals surface area contributed by atoms with Crippen LogP contribution in [0.1, 0.15) is 33.1 Å². The van der Waals surface area contributed by atoms with Gasteiger partial charge in [0.15, 0.2) is 5.76 Å². The SMILES string of the molecule is BCC(=O)CC#C/C(=C\C)OCCCC. The Morgan fingerprint density at radius 2 is 2.27 bits per heavy atom. The lowest BCUT2D eigenvalue weighted by molar-refractivity contribution is -0.116. The quantitative estimate of drug-likeness (QED) is 0.286. The van der Waals surface area contributed by atoms with Crippen molar-refractivity contribution in [3.05, 3.63) is 11.8 Å². The summed E-state index contributed by atoms with van der Waals surface area (Å²) in [6.45, 7) is 4.70. The minimum Gasteiger partial charge on any atom is -0.486 e. The van der Waals surface area contributed by atoms with Crippen LogP contribution in [0.3, 0.4) is 0 Å². The van der Waals surface area contributed by atoms with Crippen molar-refractivity contribution in [2.24, 2.45) is 0 Å². The third-order valence-electron chi connectivity index (χ3n) is 1.91. The highest BCUT2D eigenvalue weighted by atomic mass is 16.5. The average Bonchev–Trinajstić information content (AvgIpc) is 2.26. The minimum absolute atomic E-state index is 0.173. The third-order valence-corrected chi connectivity index (χ3v) is 1.91. The highest BCUT2D eigenvalue weighted by Crippen LogP contribution is 1.98. The summed E-state index contributed by atoms with van der Waals surface area (Å²) < 4.78 is 5.42. The predicted octanol–water partition coefficient (Wildman–Crippen LogP) is 1.72. The molecule has 0 spiro atoms. The van der Waals surface area contributed by atoms with Gasteiger partial charge in [0.1, 0.15) is 13.6 Å². The van der Waals surface area contributed by atoms with Gasteiger partial charge in [-0.25, -0.2) is 0 Å². The van der Waals surface area contributed by atoms with E-state index in [-0.39, 0.29) is 5.78 Å². The summed E-state index contributed by atoms with van der Waals surface area (Å²) in [6.07, 6.45) is 4.85. The first-order valence-corrected chi connectivity index (χ1v) is 5.54. The molecule has 0 atom stereocenters. The second kappa shape index (κ2) is 9.39. The molecule has 0 aliphatic rings. The monoisotopic (exact) mass is 206 g/mol. The maximum atomic E-state index is 11.0. The van der Waals surface area contributed by atoms with Crippen molar-refractivity contribution in [3.8, 4) is 11.8 Å². The van der Waals surface area contributed by atoms with Gasteiger partial charge in [-0.2, -0.15) is 0 Å². The summed E-state index contributed by atoms with van der Waals surface area (Å²) in [5, 5.41) is 0. The molecule has 0 bridgehead atoms. The Morgan fingerprint density at radius 1 is 1.53 bits per heavy atom. The van der Waals surface area contributed by atoms with E-state index in [4.69, 9.17) is 4.74 Å². The zero-order valence-corrected chi connectivity index (χ0v) is 9.93. The van der Waals surface area contributed by atoms with E-state index in [0.717, 1.165) is 12.8 Å². The molecule has 0 aliphatic carbocycles. The Morgan fingerprint density at radius 3 is 2.80 bits per heavy atom. The molecule has 0 amide bonds. The number of Topliss-reactive ketones (excluding diaryl/α,β-unsaturated/α-hetero) is 1. The first kappa shape index (κ1) is 13.8. The lowest BCUT2D eigenvalue weighted by Gasteiger charge is -2.02. The van der Waals surface area contributed by atoms with Gasteiger partial charge >= 0.3 is 0 Å². The lowest BCUT2D eigenvalue weighted by atomic mass is 9.99. The number of rotatable bonds is 6. The molecule has 0 aromatic carbocycles. The number of carbonyl (C=O) groups is 1. The van der Waals surface area contributed by atoms with Gasteiger partial charge in [0, 0.05) is 0 Å². The van der Waals surface area contributed by atoms with Crippen LogP contribution in [0.15, 0.2) is 11.8 Å². The highest BCUT2D eigenvalue weighted by Gasteiger charge is 1.94. The van der Waals surface area contributed by atoms with E-state index >= 15 is 0 Å². The molecule has 0 aromatic heterocycles. The molecular weight excluding hydrogens is 187 g/mol. The van der Waals surface area contributed by atoms with E-state index in [1.54, 1.807) is 0 Å². The van der Waals surface area contributed by atoms with Gasteiger partial charge in [-0.15, -0.1) is 0 Å². The van der Waals surface area contributed by atoms with Crippen molar-refractivity contribution in [2.75, 3.05) is 6.61 Å². The molecule has 82 valence electrons. The summed E-state index contributed by atoms with van der Waals surface area (Å²) >= 11 is 0. The molecule has 0 N–H and O–H groups in total. The number of unbranched alkanes of at least 4 members (excludes halogenated alkanes) is 1. The van der Waals surface area contributed by atoms with Gasteiger partial charge in [0.05, 0.1) is 13.0 Å². The number of hydrogen-bond acceptors (Lipinski definition) is 2. The van der Waals surface area contributed by atoms with Crippen molar-refractivity contribution >= 4 is 13.6 Å². The molecule has 15 heavy (non-hydrogen) atoms. The average molecular weight is 206 g/mol. The Labute approximate surface area is 93.5 Å². The van der Waals surface area contributed by atoms with E-state index in [1.165, 1.54) is 0 Å². The molecule has 0 fully saturated rings. The van der Waals surface area contributed by atoms with E-state index in [1.807, 2.05) is 20.8 Å². The Balaban J connectivity index is 3.93. The molecule has 0 saturated carbocycles. The predicted molar refractivity (Wildman–Crippen MR) is 65.4 cm³/mol. The summed E-state index contributed by atoms with van der Waals surface area (Å²) in [4.78, 5) is 11.0. The van der Waals surface area contributed by atoms with E-state index < -0.39 is 0 Å². The molecule has 0 saturated heterocycles. The maximum Gasteiger partial charge on any atom is 0.165 e. The van der Waals surface area contributed by atoms with Gasteiger partial charge in [-0.1, -0.05) is 19.3 Å². The molecular formula is C12H19BO2. The van der Waals surface area contributed by atoms with Crippen molar-refractivity contribution in [2.45, 2.75) is 39.4 Å². The fourth-order valence-electron chi connectivity index (χ4n) is 0.873. The maximum absolute atomic E-state index is 11.0. The molecule has 0 heterocycles. The second-order valence-corrected chi connectivity index (χ2v) is 3.23. The number of ether oxygens (including phenoxy) is 1. The topological polar surface area (TPSA) is 26.3 Å². The highest BCUT2D eigenvalue weighted by molar-refractivity contribution is 6.20. The molecule has 0 radical (unpaired) electrons. The van der Waals surface area contributed by atoms with Crippen molar-refractivity contribution in [1.29, 1.82) is 0 Å². The van der Waals surface area contributed by atoms with Crippen LogP contribution < -0.4 is 0 Å². The summed E-state index contributed by atoms with van der Waals surface area (Å²) in [5.41, 5.74) is 0. The number of ketones is 1. The first-order chi connectivity index (χ1) is 7.24. The lowest BCUT2D eigenvalue weighted by Crippen LogP contribution is -1.95. The zero-order chi connectivity index (χ0) is 11.5. The van der Waals surface area contributed by atoms with Crippen LogP contribution in [0.25, 0.3) is 0 Å². The number of carbonyl (C=O) groups excluding carboxylic acids is 1. The normalized spacial score (nSPS) is 10.4. The first-order valence-electron chi connectivity index (χ1n) is 5.54. The zero-order valence-electron chi connectivity index (χ0n) is 9.93. The molecule has 3 heteroatoms. The van der Waals surface area contributed by atoms with Crippen LogP contribution in [0.5, 0.6) is 0 Å². The number of hydrogen-bond donors (Lipinski definition) is 0. The number of allylic oxidation sites excluding steroid dienone is 2. The van der Waals surface area contributed by atoms with Crippen LogP contribution in [0, 0.1) is 11.8 Å². The van der Waals surface area contributed by atoms with Gasteiger partial charge < -0.3 is 4.74 Å². The molecule has 0 aromatic rings. The summed E-state index contributed by atoms with van der Waals surface area (Å²) in [7, 11) is 1.85. The van der Waals surface area contributed by atoms with Crippen molar-refractivity contribution in [1.82, 2.24) is 0 Å². The Hall–Kier alpha value is -1.17. The minimum atomic E-state index is 0.173. The smallest absolute Gasteiger partial charge is 0.165 e.